The largest absolute Gasteiger partial charge is 0.340 e. The number of nitrogens with one attached hydrogen (secondary N) is 1. The van der Waals surface area contributed by atoms with Crippen LogP contribution in [0.25, 0.3) is 0 Å². The zero-order valence-electron chi connectivity index (χ0n) is 9.13. The van der Waals surface area contributed by atoms with Gasteiger partial charge in [-0.15, -0.1) is 0 Å². The molecular weight excluding hydrogens is 166 g/mol. The lowest BCUT2D eigenvalue weighted by atomic mass is 10.3. The van der Waals surface area contributed by atoms with Gasteiger partial charge in [0.15, 0.2) is 0 Å². The third-order valence-corrected chi connectivity index (χ3v) is 1.95. The number of rotatable bonds is 0. The number of likely N-dealkylation sites (N-methyl/N-ethyl adjacent to an activating group) is 1. The molecule has 0 spiro atoms. The van der Waals surface area contributed by atoms with Crippen LogP contribution in [0.1, 0.15) is 6.92 Å². The third-order valence-electron chi connectivity index (χ3n) is 1.95. The summed E-state index contributed by atoms with van der Waals surface area (Å²) in [5.74, 6) is 0.202. The highest BCUT2D eigenvalue weighted by molar-refractivity contribution is 5.73. The Bertz CT molecular complexity index is 142. The lowest BCUT2D eigenvalue weighted by molar-refractivity contribution is -0.130. The fourth-order valence-electron chi connectivity index (χ4n) is 1.12. The van der Waals surface area contributed by atoms with Gasteiger partial charge in [-0.25, -0.2) is 0 Å². The predicted molar refractivity (Wildman–Crippen MR) is 54.7 cm³/mol. The summed E-state index contributed by atoms with van der Waals surface area (Å²) in [4.78, 5) is 14.9. The topological polar surface area (TPSA) is 35.6 Å². The normalized spacial score (nSPS) is 17.7. The first kappa shape index (κ1) is 12.4. The maximum atomic E-state index is 10.8. The highest BCUT2D eigenvalue weighted by Crippen LogP contribution is 1.98. The second-order valence-electron chi connectivity index (χ2n) is 3.31. The second kappa shape index (κ2) is 6.86. The summed E-state index contributed by atoms with van der Waals surface area (Å²) in [6.45, 7) is 5.45. The molecular formula is C9H21N3O. The molecule has 0 aromatic heterocycles. The van der Waals surface area contributed by atoms with Gasteiger partial charge in [0, 0.05) is 33.1 Å². The van der Waals surface area contributed by atoms with Crippen LogP contribution in [-0.4, -0.2) is 63.0 Å². The number of nitrogens with zero attached hydrogens (tertiary/aromatic N) is 2. The van der Waals surface area contributed by atoms with E-state index in [1.165, 1.54) is 0 Å². The van der Waals surface area contributed by atoms with Crippen molar-refractivity contribution in [3.8, 4) is 0 Å². The highest BCUT2D eigenvalue weighted by Gasteiger charge is 2.14. The van der Waals surface area contributed by atoms with Crippen LogP contribution in [0, 0.1) is 0 Å². The summed E-state index contributed by atoms with van der Waals surface area (Å²) in [6, 6.07) is 0. The quantitative estimate of drug-likeness (QED) is 0.561. The van der Waals surface area contributed by atoms with Crippen molar-refractivity contribution >= 4 is 5.91 Å². The van der Waals surface area contributed by atoms with E-state index in [-0.39, 0.29) is 5.91 Å². The van der Waals surface area contributed by atoms with E-state index in [0.717, 1.165) is 26.2 Å². The maximum Gasteiger partial charge on any atom is 0.219 e. The standard InChI is InChI=1S/C7H14N2O.C2H7N/c1-7(10)9-5-3-8(2)4-6-9;1-3-2/h3-6H2,1-2H3;3H,1-2H3. The molecule has 0 radical (unpaired) electrons. The zero-order chi connectivity index (χ0) is 10.3. The minimum atomic E-state index is 0.202. The van der Waals surface area contributed by atoms with Crippen molar-refractivity contribution in [2.75, 3.05) is 47.3 Å². The van der Waals surface area contributed by atoms with Crippen molar-refractivity contribution in [3.63, 3.8) is 0 Å². The van der Waals surface area contributed by atoms with Crippen LogP contribution >= 0.6 is 0 Å². The predicted octanol–water partition coefficient (Wildman–Crippen LogP) is -0.384. The Morgan fingerprint density at radius 2 is 1.54 bits per heavy atom. The molecule has 78 valence electrons. The highest BCUT2D eigenvalue weighted by atomic mass is 16.2. The molecule has 13 heavy (non-hydrogen) atoms. The molecule has 0 aliphatic carbocycles. The maximum absolute atomic E-state index is 10.8. The number of carbonyl (C=O) groups is 1. The Morgan fingerprint density at radius 3 is 1.85 bits per heavy atom. The molecule has 1 aliphatic heterocycles. The Hall–Kier alpha value is -0.610. The summed E-state index contributed by atoms with van der Waals surface area (Å²) in [5, 5.41) is 2.75. The third kappa shape index (κ3) is 5.60. The van der Waals surface area contributed by atoms with Crippen LogP contribution < -0.4 is 5.32 Å². The Kier molecular flexibility index (Phi) is 6.54. The van der Waals surface area contributed by atoms with Crippen LogP contribution in [0.2, 0.25) is 0 Å². The van der Waals surface area contributed by atoms with Crippen LogP contribution in [0.15, 0.2) is 0 Å². The minimum absolute atomic E-state index is 0.202. The van der Waals surface area contributed by atoms with Crippen LogP contribution in [0.3, 0.4) is 0 Å². The van der Waals surface area contributed by atoms with Gasteiger partial charge in [-0.3, -0.25) is 4.79 Å². The Labute approximate surface area is 80.9 Å². The van der Waals surface area contributed by atoms with Crippen molar-refractivity contribution in [3.05, 3.63) is 0 Å². The number of piperazine rings is 1. The Balaban J connectivity index is 0.000000424. The zero-order valence-corrected chi connectivity index (χ0v) is 9.13. The van der Waals surface area contributed by atoms with Crippen molar-refractivity contribution in [2.24, 2.45) is 0 Å². The van der Waals surface area contributed by atoms with E-state index < -0.39 is 0 Å². The molecule has 0 unspecified atom stereocenters. The first-order valence-corrected chi connectivity index (χ1v) is 4.64. The molecule has 1 heterocycles. The van der Waals surface area contributed by atoms with Crippen LogP contribution in [0.5, 0.6) is 0 Å². The number of carbonyl (C=O) groups excluding carboxylic acids is 1. The fraction of sp³-hybridized carbons (Fsp3) is 0.889. The van der Waals surface area contributed by atoms with Crippen LogP contribution in [0.4, 0.5) is 0 Å². The number of hydrogen-bond donors (Lipinski definition) is 1. The summed E-state index contributed by atoms with van der Waals surface area (Å²) in [7, 11) is 5.83. The minimum Gasteiger partial charge on any atom is -0.340 e. The summed E-state index contributed by atoms with van der Waals surface area (Å²) < 4.78 is 0. The first-order chi connectivity index (χ1) is 6.11. The summed E-state index contributed by atoms with van der Waals surface area (Å²) in [6.07, 6.45) is 0. The molecule has 4 nitrogen and oxygen atoms in total. The molecule has 0 bridgehead atoms. The van der Waals surface area contributed by atoms with E-state index in [4.69, 9.17) is 0 Å². The lowest BCUT2D eigenvalue weighted by Crippen LogP contribution is -2.46. The van der Waals surface area contributed by atoms with E-state index in [1.54, 1.807) is 6.92 Å². The molecule has 0 atom stereocenters. The van der Waals surface area contributed by atoms with Crippen LogP contribution in [-0.2, 0) is 4.79 Å². The van der Waals surface area contributed by atoms with E-state index in [2.05, 4.69) is 17.3 Å². The number of hydrogen-bond acceptors (Lipinski definition) is 3. The van der Waals surface area contributed by atoms with Gasteiger partial charge in [-0.2, -0.15) is 0 Å². The molecule has 1 N–H and O–H groups in total. The van der Waals surface area contributed by atoms with Gasteiger partial charge in [0.25, 0.3) is 0 Å². The van der Waals surface area contributed by atoms with Gasteiger partial charge in [0.05, 0.1) is 0 Å². The average Bonchev–Trinajstić information content (AvgIpc) is 2.06. The van der Waals surface area contributed by atoms with E-state index in [1.807, 2.05) is 19.0 Å². The molecule has 0 aromatic rings. The van der Waals surface area contributed by atoms with E-state index in [9.17, 15) is 4.79 Å². The molecule has 1 amide bonds. The van der Waals surface area contributed by atoms with Gasteiger partial charge in [-0.1, -0.05) is 0 Å². The molecule has 1 rings (SSSR count). The fourth-order valence-corrected chi connectivity index (χ4v) is 1.12. The molecule has 1 saturated heterocycles. The van der Waals surface area contributed by atoms with Crippen molar-refractivity contribution in [2.45, 2.75) is 6.92 Å². The van der Waals surface area contributed by atoms with Gasteiger partial charge < -0.3 is 15.1 Å². The lowest BCUT2D eigenvalue weighted by Gasteiger charge is -2.31. The van der Waals surface area contributed by atoms with Gasteiger partial charge in [0.1, 0.15) is 0 Å². The van der Waals surface area contributed by atoms with E-state index >= 15 is 0 Å². The Morgan fingerprint density at radius 1 is 1.15 bits per heavy atom. The number of amides is 1. The van der Waals surface area contributed by atoms with Crippen molar-refractivity contribution < 1.29 is 4.79 Å². The average molecular weight is 187 g/mol. The monoisotopic (exact) mass is 187 g/mol. The summed E-state index contributed by atoms with van der Waals surface area (Å²) in [5.41, 5.74) is 0. The van der Waals surface area contributed by atoms with Crippen molar-refractivity contribution in [1.82, 2.24) is 15.1 Å². The van der Waals surface area contributed by atoms with Crippen molar-refractivity contribution in [1.29, 1.82) is 0 Å². The van der Waals surface area contributed by atoms with Gasteiger partial charge in [0.2, 0.25) is 5.91 Å². The molecule has 1 aliphatic rings. The molecule has 0 aromatic carbocycles. The summed E-state index contributed by atoms with van der Waals surface area (Å²) >= 11 is 0. The SMILES string of the molecule is CC(=O)N1CCN(C)CC1.CNC. The van der Waals surface area contributed by atoms with Gasteiger partial charge in [-0.05, 0) is 21.1 Å². The molecule has 4 heteroatoms. The smallest absolute Gasteiger partial charge is 0.219 e. The molecule has 0 saturated carbocycles. The molecule has 1 fully saturated rings. The van der Waals surface area contributed by atoms with Gasteiger partial charge >= 0.3 is 0 Å². The van der Waals surface area contributed by atoms with E-state index in [0.29, 0.717) is 0 Å². The second-order valence-corrected chi connectivity index (χ2v) is 3.31. The first-order valence-electron chi connectivity index (χ1n) is 4.64.